The molecule has 0 unspecified atom stereocenters. The average Bonchev–Trinajstić information content (AvgIpc) is 3.26. The number of thiophene rings is 1. The van der Waals surface area contributed by atoms with Gasteiger partial charge in [-0.3, -0.25) is 14.2 Å². The fraction of sp³-hybridized carbons (Fsp3) is 0.409. The summed E-state index contributed by atoms with van der Waals surface area (Å²) in [5.74, 6) is 0.625. The van der Waals surface area contributed by atoms with Gasteiger partial charge in [-0.25, -0.2) is 4.98 Å². The van der Waals surface area contributed by atoms with Crippen molar-refractivity contribution >= 4 is 28.1 Å². The monoisotopic (exact) mass is 411 g/mol. The highest BCUT2D eigenvalue weighted by atomic mass is 32.1. The molecule has 0 saturated carbocycles. The van der Waals surface area contributed by atoms with Crippen LogP contribution < -0.4 is 15.8 Å². The number of rotatable bonds is 6. The maximum Gasteiger partial charge on any atom is 0.261 e. The zero-order chi connectivity index (χ0) is 20.2. The zero-order valence-electron chi connectivity index (χ0n) is 16.6. The quantitative estimate of drug-likeness (QED) is 0.648. The van der Waals surface area contributed by atoms with Gasteiger partial charge in [0.1, 0.15) is 12.6 Å². The Balaban J connectivity index is 1.43. The van der Waals surface area contributed by atoms with Gasteiger partial charge >= 0.3 is 0 Å². The topological polar surface area (TPSA) is 68.4 Å². The Morgan fingerprint density at radius 2 is 2.07 bits per heavy atom. The van der Waals surface area contributed by atoms with Crippen molar-refractivity contribution in [3.05, 3.63) is 63.3 Å². The summed E-state index contributed by atoms with van der Waals surface area (Å²) in [6.45, 7) is 5.15. The molecule has 1 aliphatic heterocycles. The van der Waals surface area contributed by atoms with Crippen LogP contribution in [0.25, 0.3) is 10.9 Å². The molecule has 4 rings (SSSR count). The number of para-hydroxylation sites is 1. The zero-order valence-corrected chi connectivity index (χ0v) is 17.5. The number of quaternary nitrogens is 1. The summed E-state index contributed by atoms with van der Waals surface area (Å²) in [7, 11) is 0. The van der Waals surface area contributed by atoms with Crippen LogP contribution in [0.15, 0.2) is 52.9 Å². The van der Waals surface area contributed by atoms with Gasteiger partial charge in [0.05, 0.1) is 41.7 Å². The van der Waals surface area contributed by atoms with E-state index in [4.69, 9.17) is 0 Å². The largest absolute Gasteiger partial charge is 0.348 e. The van der Waals surface area contributed by atoms with Crippen LogP contribution in [0, 0.1) is 5.92 Å². The second-order valence-corrected chi connectivity index (χ2v) is 8.89. The smallest absolute Gasteiger partial charge is 0.261 e. The number of amides is 1. The van der Waals surface area contributed by atoms with Crippen molar-refractivity contribution in [1.29, 1.82) is 0 Å². The van der Waals surface area contributed by atoms with E-state index in [-0.39, 0.29) is 24.1 Å². The van der Waals surface area contributed by atoms with Gasteiger partial charge in [0.2, 0.25) is 5.91 Å². The third-order valence-electron chi connectivity index (χ3n) is 5.84. The molecule has 3 heterocycles. The predicted molar refractivity (Wildman–Crippen MR) is 115 cm³/mol. The lowest BCUT2D eigenvalue weighted by atomic mass is 9.97. The molecular weight excluding hydrogens is 384 g/mol. The fourth-order valence-electron chi connectivity index (χ4n) is 4.06. The number of carbonyl (C=O) groups is 1. The van der Waals surface area contributed by atoms with Crippen LogP contribution in [0.5, 0.6) is 0 Å². The van der Waals surface area contributed by atoms with E-state index in [0.717, 1.165) is 19.0 Å². The van der Waals surface area contributed by atoms with Gasteiger partial charge in [0, 0.05) is 0 Å². The molecule has 7 heteroatoms. The number of hydrogen-bond donors (Lipinski definition) is 2. The standard InChI is InChI=1S/C22H26N4O2S/c1-16-8-10-25(11-9-16)19(20-7-4-12-29-20)13-23-21(27)14-26-15-24-18-6-3-2-5-17(18)22(26)28/h2-7,12,15-16,19H,8-11,13-14H2,1H3,(H,23,27)/p+1/t19-/m0/s1. The lowest BCUT2D eigenvalue weighted by Crippen LogP contribution is -3.14. The molecule has 1 amide bonds. The summed E-state index contributed by atoms with van der Waals surface area (Å²) in [6, 6.07) is 11.7. The molecule has 152 valence electrons. The highest BCUT2D eigenvalue weighted by molar-refractivity contribution is 7.10. The highest BCUT2D eigenvalue weighted by Gasteiger charge is 2.29. The van der Waals surface area contributed by atoms with E-state index in [1.807, 2.05) is 12.1 Å². The van der Waals surface area contributed by atoms with E-state index in [0.29, 0.717) is 17.4 Å². The Bertz CT molecular complexity index is 1020. The van der Waals surface area contributed by atoms with Crippen molar-refractivity contribution < 1.29 is 9.69 Å². The lowest BCUT2D eigenvalue weighted by Gasteiger charge is -2.33. The van der Waals surface area contributed by atoms with E-state index >= 15 is 0 Å². The van der Waals surface area contributed by atoms with Gasteiger partial charge in [-0.1, -0.05) is 25.1 Å². The van der Waals surface area contributed by atoms with Crippen LogP contribution in [-0.4, -0.2) is 35.1 Å². The SMILES string of the molecule is CC1CC[NH+]([C@@H](CNC(=O)Cn2cnc3ccccc3c2=O)c2cccs2)CC1. The minimum absolute atomic E-state index is 0.0137. The van der Waals surface area contributed by atoms with Gasteiger partial charge in [-0.15, -0.1) is 11.3 Å². The van der Waals surface area contributed by atoms with Crippen molar-refractivity contribution in [3.8, 4) is 0 Å². The van der Waals surface area contributed by atoms with Crippen LogP contribution in [0.4, 0.5) is 0 Å². The number of nitrogens with zero attached hydrogens (tertiary/aromatic N) is 2. The summed E-state index contributed by atoms with van der Waals surface area (Å²) in [4.78, 5) is 32.3. The molecule has 0 spiro atoms. The Morgan fingerprint density at radius 1 is 1.28 bits per heavy atom. The number of aromatic nitrogens is 2. The number of hydrogen-bond acceptors (Lipinski definition) is 4. The minimum atomic E-state index is -0.184. The first-order valence-corrected chi connectivity index (χ1v) is 11.1. The molecule has 1 aliphatic rings. The summed E-state index contributed by atoms with van der Waals surface area (Å²) >= 11 is 1.75. The van der Waals surface area contributed by atoms with Gasteiger partial charge in [-0.2, -0.15) is 0 Å². The number of carbonyl (C=O) groups excluding carboxylic acids is 1. The van der Waals surface area contributed by atoms with Crippen molar-refractivity contribution in [3.63, 3.8) is 0 Å². The number of benzene rings is 1. The van der Waals surface area contributed by atoms with E-state index in [1.165, 1.54) is 33.5 Å². The molecule has 1 saturated heterocycles. The van der Waals surface area contributed by atoms with E-state index in [1.54, 1.807) is 23.5 Å². The second-order valence-electron chi connectivity index (χ2n) is 7.91. The van der Waals surface area contributed by atoms with Crippen LogP contribution in [0.1, 0.15) is 30.7 Å². The molecule has 1 atom stereocenters. The minimum Gasteiger partial charge on any atom is -0.348 e. The summed E-state index contributed by atoms with van der Waals surface area (Å²) in [6.07, 6.45) is 3.91. The summed E-state index contributed by atoms with van der Waals surface area (Å²) in [5, 5.41) is 5.69. The molecule has 0 aliphatic carbocycles. The van der Waals surface area contributed by atoms with Gasteiger partial charge < -0.3 is 10.2 Å². The molecule has 2 aromatic heterocycles. The molecule has 3 aromatic rings. The number of likely N-dealkylation sites (tertiary alicyclic amines) is 1. The van der Waals surface area contributed by atoms with Gasteiger partial charge in [0.15, 0.2) is 0 Å². The van der Waals surface area contributed by atoms with E-state index < -0.39 is 0 Å². The first-order valence-electron chi connectivity index (χ1n) is 10.2. The van der Waals surface area contributed by atoms with Crippen molar-refractivity contribution in [2.24, 2.45) is 5.92 Å². The second kappa shape index (κ2) is 8.88. The number of piperidine rings is 1. The third-order valence-corrected chi connectivity index (χ3v) is 6.83. The molecule has 1 aromatic carbocycles. The molecule has 6 nitrogen and oxygen atoms in total. The molecule has 1 fully saturated rings. The highest BCUT2D eigenvalue weighted by Crippen LogP contribution is 2.18. The number of fused-ring (bicyclic) bond motifs is 1. The van der Waals surface area contributed by atoms with E-state index in [9.17, 15) is 9.59 Å². The first-order chi connectivity index (χ1) is 14.1. The first kappa shape index (κ1) is 19.8. The lowest BCUT2D eigenvalue weighted by molar-refractivity contribution is -0.935. The van der Waals surface area contributed by atoms with Crippen molar-refractivity contribution in [2.45, 2.75) is 32.4 Å². The molecule has 0 bridgehead atoms. The number of nitrogens with one attached hydrogen (secondary N) is 2. The third kappa shape index (κ3) is 4.57. The molecule has 29 heavy (non-hydrogen) atoms. The molecule has 0 radical (unpaired) electrons. The van der Waals surface area contributed by atoms with Gasteiger partial charge in [-0.05, 0) is 42.3 Å². The van der Waals surface area contributed by atoms with Crippen LogP contribution in [-0.2, 0) is 11.3 Å². The maximum absolute atomic E-state index is 12.6. The molecule has 2 N–H and O–H groups in total. The maximum atomic E-state index is 12.6. The van der Waals surface area contributed by atoms with Crippen LogP contribution in [0.3, 0.4) is 0 Å². The normalized spacial score (nSPS) is 20.4. The van der Waals surface area contributed by atoms with E-state index in [2.05, 4.69) is 34.7 Å². The summed E-state index contributed by atoms with van der Waals surface area (Å²) < 4.78 is 1.38. The van der Waals surface area contributed by atoms with Crippen molar-refractivity contribution in [2.75, 3.05) is 19.6 Å². The van der Waals surface area contributed by atoms with Gasteiger partial charge in [0.25, 0.3) is 5.56 Å². The van der Waals surface area contributed by atoms with Crippen molar-refractivity contribution in [1.82, 2.24) is 14.9 Å². The Kier molecular flexibility index (Phi) is 6.06. The Labute approximate surface area is 174 Å². The summed E-state index contributed by atoms with van der Waals surface area (Å²) in [5.41, 5.74) is 0.464. The molecular formula is C22H27N4O2S+. The average molecular weight is 412 g/mol. The van der Waals surface area contributed by atoms with Crippen LogP contribution >= 0.6 is 11.3 Å². The Morgan fingerprint density at radius 3 is 2.83 bits per heavy atom. The fourth-order valence-corrected chi connectivity index (χ4v) is 4.95. The Hall–Kier alpha value is -2.51. The van der Waals surface area contributed by atoms with Crippen LogP contribution in [0.2, 0.25) is 0 Å². The predicted octanol–water partition coefficient (Wildman–Crippen LogP) is 1.63.